The fourth-order valence-corrected chi connectivity index (χ4v) is 3.03. The van der Waals surface area contributed by atoms with Gasteiger partial charge >= 0.3 is 0 Å². The lowest BCUT2D eigenvalue weighted by molar-refractivity contribution is 0.433. The van der Waals surface area contributed by atoms with E-state index in [1.807, 2.05) is 0 Å². The molecule has 8 heteroatoms. The Bertz CT molecular complexity index is 1080. The Labute approximate surface area is 145 Å². The third kappa shape index (κ3) is 3.09. The van der Waals surface area contributed by atoms with Crippen LogP contribution in [-0.4, -0.2) is 30.3 Å². The van der Waals surface area contributed by atoms with E-state index < -0.39 is 9.73 Å². The zero-order valence-corrected chi connectivity index (χ0v) is 14.4. The van der Waals surface area contributed by atoms with E-state index >= 15 is 0 Å². The van der Waals surface area contributed by atoms with Gasteiger partial charge in [0, 0.05) is 12.5 Å². The summed E-state index contributed by atoms with van der Waals surface area (Å²) in [6.07, 6.45) is 2.67. The first-order valence-electron chi connectivity index (χ1n) is 7.30. The number of nitrogens with zero attached hydrogens (tertiary/aromatic N) is 4. The van der Waals surface area contributed by atoms with Crippen molar-refractivity contribution in [3.05, 3.63) is 53.9 Å². The van der Waals surface area contributed by atoms with E-state index in [2.05, 4.69) is 16.2 Å². The fourth-order valence-electron chi connectivity index (χ4n) is 2.45. The van der Waals surface area contributed by atoms with Crippen molar-refractivity contribution >= 4 is 9.73 Å². The van der Waals surface area contributed by atoms with Crippen molar-refractivity contribution < 1.29 is 9.32 Å². The number of benzene rings is 1. The van der Waals surface area contributed by atoms with Gasteiger partial charge in [-0.1, -0.05) is 12.1 Å². The van der Waals surface area contributed by atoms with Crippen molar-refractivity contribution in [1.29, 1.82) is 10.0 Å². The molecule has 2 N–H and O–H groups in total. The van der Waals surface area contributed by atoms with Crippen molar-refractivity contribution in [2.24, 2.45) is 0 Å². The average Bonchev–Trinajstić information content (AvgIpc) is 2.89. The number of hydrogen-bond donors (Lipinski definition) is 2. The van der Waals surface area contributed by atoms with Crippen molar-refractivity contribution in [3.63, 3.8) is 0 Å². The van der Waals surface area contributed by atoms with E-state index in [-0.39, 0.29) is 5.88 Å². The molecule has 0 bridgehead atoms. The van der Waals surface area contributed by atoms with E-state index in [0.29, 0.717) is 27.5 Å². The molecule has 0 amide bonds. The summed E-state index contributed by atoms with van der Waals surface area (Å²) in [5.74, 6) is 0.276. The fraction of sp³-hybridized carbons (Fsp3) is 0.118. The van der Waals surface area contributed by atoms with Crippen LogP contribution in [0, 0.1) is 23.0 Å². The van der Waals surface area contributed by atoms with E-state index in [1.54, 1.807) is 37.3 Å². The van der Waals surface area contributed by atoms with E-state index in [0.717, 1.165) is 5.56 Å². The molecule has 7 nitrogen and oxygen atoms in total. The second-order valence-electron chi connectivity index (χ2n) is 5.58. The van der Waals surface area contributed by atoms with Crippen LogP contribution in [0.15, 0.2) is 47.5 Å². The first-order valence-corrected chi connectivity index (χ1v) is 9.27. The Kier molecular flexibility index (Phi) is 4.02. The predicted molar refractivity (Wildman–Crippen MR) is 93.0 cm³/mol. The molecule has 3 aromatic rings. The Hall–Kier alpha value is -3.18. The summed E-state index contributed by atoms with van der Waals surface area (Å²) in [5, 5.41) is 23.8. The largest absolute Gasteiger partial charge is 0.493 e. The Balaban J connectivity index is 2.06. The normalized spacial score (nSPS) is 13.2. The highest BCUT2D eigenvalue weighted by molar-refractivity contribution is 7.91. The molecule has 3 rings (SSSR count). The maximum atomic E-state index is 11.7. The van der Waals surface area contributed by atoms with Gasteiger partial charge in [-0.05, 0) is 36.8 Å². The summed E-state index contributed by atoms with van der Waals surface area (Å²) in [6, 6.07) is 12.0. The zero-order valence-electron chi connectivity index (χ0n) is 13.6. The van der Waals surface area contributed by atoms with Gasteiger partial charge in [-0.2, -0.15) is 15.0 Å². The standard InChI is InChI=1S/C17H15N5O2S/c1-11-16(13-5-3-12(9-18)4-6-13)17(23)22(21-11)15-8-7-14(10-20-15)25(2,19)24/h3-8,10,19,23H,1-2H3/t25-/m1/s1. The second-order valence-corrected chi connectivity index (χ2v) is 7.74. The molecule has 2 heterocycles. The van der Waals surface area contributed by atoms with Crippen LogP contribution >= 0.6 is 0 Å². The minimum atomic E-state index is -2.85. The molecular weight excluding hydrogens is 338 g/mol. The van der Waals surface area contributed by atoms with Crippen LogP contribution in [0.4, 0.5) is 0 Å². The summed E-state index contributed by atoms with van der Waals surface area (Å²) in [6.45, 7) is 1.76. The van der Waals surface area contributed by atoms with Crippen LogP contribution in [0.3, 0.4) is 0 Å². The number of nitrogens with one attached hydrogen (secondary N) is 1. The van der Waals surface area contributed by atoms with Crippen LogP contribution in [0.2, 0.25) is 0 Å². The number of aromatic hydroxyl groups is 1. The van der Waals surface area contributed by atoms with Gasteiger partial charge in [-0.25, -0.2) is 14.0 Å². The summed E-state index contributed by atoms with van der Waals surface area (Å²) in [7, 11) is -2.85. The lowest BCUT2D eigenvalue weighted by atomic mass is 10.0. The van der Waals surface area contributed by atoms with Gasteiger partial charge in [0.25, 0.3) is 0 Å². The Morgan fingerprint density at radius 3 is 2.44 bits per heavy atom. The molecular formula is C17H15N5O2S. The van der Waals surface area contributed by atoms with Gasteiger partial charge in [0.05, 0.1) is 37.5 Å². The molecule has 0 radical (unpaired) electrons. The predicted octanol–water partition coefficient (Wildman–Crippen LogP) is 2.86. The monoisotopic (exact) mass is 353 g/mol. The molecule has 0 aliphatic heterocycles. The second kappa shape index (κ2) is 6.03. The van der Waals surface area contributed by atoms with Crippen molar-refractivity contribution in [2.45, 2.75) is 11.8 Å². The van der Waals surface area contributed by atoms with Crippen molar-refractivity contribution in [3.8, 4) is 28.9 Å². The average molecular weight is 353 g/mol. The van der Waals surface area contributed by atoms with Gasteiger partial charge in [0.15, 0.2) is 5.82 Å². The van der Waals surface area contributed by atoms with Gasteiger partial charge in [-0.15, -0.1) is 0 Å². The van der Waals surface area contributed by atoms with Crippen LogP contribution in [0.5, 0.6) is 5.88 Å². The molecule has 1 aromatic carbocycles. The molecule has 0 spiro atoms. The van der Waals surface area contributed by atoms with Gasteiger partial charge in [0.2, 0.25) is 5.88 Å². The van der Waals surface area contributed by atoms with Crippen molar-refractivity contribution in [2.75, 3.05) is 6.26 Å². The molecule has 2 aromatic heterocycles. The Morgan fingerprint density at radius 2 is 1.92 bits per heavy atom. The summed E-state index contributed by atoms with van der Waals surface area (Å²) in [4.78, 5) is 4.46. The molecule has 0 saturated heterocycles. The van der Waals surface area contributed by atoms with Crippen LogP contribution in [0.1, 0.15) is 11.3 Å². The molecule has 0 saturated carbocycles. The Morgan fingerprint density at radius 1 is 1.24 bits per heavy atom. The molecule has 0 aliphatic carbocycles. The summed E-state index contributed by atoms with van der Waals surface area (Å²) in [5.41, 5.74) is 2.42. The first kappa shape index (κ1) is 16.7. The lowest BCUT2D eigenvalue weighted by Crippen LogP contribution is -2.02. The number of aryl methyl sites for hydroxylation is 1. The molecule has 0 unspecified atom stereocenters. The van der Waals surface area contributed by atoms with Crippen LogP contribution in [-0.2, 0) is 9.73 Å². The van der Waals surface area contributed by atoms with Gasteiger partial charge < -0.3 is 5.11 Å². The maximum absolute atomic E-state index is 11.7. The number of pyridine rings is 1. The number of aromatic nitrogens is 3. The van der Waals surface area contributed by atoms with Crippen LogP contribution in [0.25, 0.3) is 16.9 Å². The molecule has 25 heavy (non-hydrogen) atoms. The third-order valence-corrected chi connectivity index (χ3v) is 4.87. The highest BCUT2D eigenvalue weighted by atomic mass is 32.2. The van der Waals surface area contributed by atoms with E-state index in [9.17, 15) is 9.32 Å². The summed E-state index contributed by atoms with van der Waals surface area (Å²) >= 11 is 0. The minimum absolute atomic E-state index is 0.0782. The molecule has 0 aliphatic rings. The van der Waals surface area contributed by atoms with E-state index in [1.165, 1.54) is 23.2 Å². The van der Waals surface area contributed by atoms with Crippen LogP contribution < -0.4 is 0 Å². The highest BCUT2D eigenvalue weighted by Crippen LogP contribution is 2.33. The van der Waals surface area contributed by atoms with Gasteiger partial charge in [0.1, 0.15) is 0 Å². The molecule has 0 fully saturated rings. The lowest BCUT2D eigenvalue weighted by Gasteiger charge is -2.05. The number of nitriles is 1. The van der Waals surface area contributed by atoms with Crippen molar-refractivity contribution in [1.82, 2.24) is 14.8 Å². The molecule has 126 valence electrons. The highest BCUT2D eigenvalue weighted by Gasteiger charge is 2.18. The number of rotatable bonds is 3. The minimum Gasteiger partial charge on any atom is -0.493 e. The van der Waals surface area contributed by atoms with E-state index in [4.69, 9.17) is 10.0 Å². The molecule has 1 atom stereocenters. The third-order valence-electron chi connectivity index (χ3n) is 3.73. The maximum Gasteiger partial charge on any atom is 0.223 e. The SMILES string of the molecule is Cc1nn(-c2ccc([S@](C)(=N)=O)cn2)c(O)c1-c1ccc(C#N)cc1. The summed E-state index contributed by atoms with van der Waals surface area (Å²) < 4.78 is 20.6. The quantitative estimate of drug-likeness (QED) is 0.751. The first-order chi connectivity index (χ1) is 11.8. The number of hydrogen-bond acceptors (Lipinski definition) is 6. The smallest absolute Gasteiger partial charge is 0.223 e. The van der Waals surface area contributed by atoms with Gasteiger partial charge in [-0.3, -0.25) is 0 Å². The topological polar surface area (TPSA) is 116 Å². The zero-order chi connectivity index (χ0) is 18.2.